The zero-order valence-corrected chi connectivity index (χ0v) is 18.3. The number of halogens is 4. The average molecular weight is 490 g/mol. The molecule has 0 saturated heterocycles. The van der Waals surface area contributed by atoms with Crippen LogP contribution in [0.2, 0.25) is 15.1 Å². The SMILES string of the molecule is N#CC1=C(N)Oc2cc(OC(=O)c3ccc(Cl)c(Cl)c3)ccc2C1c1c(F)cccc1Cl. The number of carbonyl (C=O) groups excluding carboxylic acids is 1. The first-order chi connectivity index (χ1) is 15.3. The quantitative estimate of drug-likeness (QED) is 0.348. The molecular weight excluding hydrogens is 478 g/mol. The number of benzene rings is 3. The molecule has 3 aromatic rings. The molecule has 2 N–H and O–H groups in total. The number of allylic oxidation sites excluding steroid dienone is 1. The second-order valence-electron chi connectivity index (χ2n) is 6.78. The molecule has 0 bridgehead atoms. The number of nitrogens with zero attached hydrogens (tertiary/aromatic N) is 1. The fourth-order valence-electron chi connectivity index (χ4n) is 3.37. The summed E-state index contributed by atoms with van der Waals surface area (Å²) in [6, 6.07) is 15.0. The van der Waals surface area contributed by atoms with Gasteiger partial charge in [-0.15, -0.1) is 0 Å². The number of esters is 1. The second-order valence-corrected chi connectivity index (χ2v) is 8.00. The first-order valence-corrected chi connectivity index (χ1v) is 10.3. The molecule has 32 heavy (non-hydrogen) atoms. The van der Waals surface area contributed by atoms with Crippen LogP contribution < -0.4 is 15.2 Å². The van der Waals surface area contributed by atoms with Crippen molar-refractivity contribution >= 4 is 40.8 Å². The molecule has 0 amide bonds. The number of nitriles is 1. The lowest BCUT2D eigenvalue weighted by molar-refractivity contribution is 0.0734. The molecular formula is C23H12Cl3FN2O3. The minimum atomic E-state index is -0.891. The molecule has 1 aliphatic rings. The number of fused-ring (bicyclic) bond motifs is 1. The average Bonchev–Trinajstić information content (AvgIpc) is 2.75. The van der Waals surface area contributed by atoms with Crippen LogP contribution in [0.25, 0.3) is 0 Å². The highest BCUT2D eigenvalue weighted by atomic mass is 35.5. The molecule has 0 saturated carbocycles. The van der Waals surface area contributed by atoms with E-state index < -0.39 is 17.7 Å². The first-order valence-electron chi connectivity index (χ1n) is 9.12. The maximum absolute atomic E-state index is 14.7. The highest BCUT2D eigenvalue weighted by Crippen LogP contribution is 2.46. The van der Waals surface area contributed by atoms with Crippen molar-refractivity contribution in [1.82, 2.24) is 0 Å². The molecule has 5 nitrogen and oxygen atoms in total. The smallest absolute Gasteiger partial charge is 0.343 e. The highest BCUT2D eigenvalue weighted by Gasteiger charge is 2.34. The Morgan fingerprint density at radius 1 is 1.06 bits per heavy atom. The Hall–Kier alpha value is -3.24. The third-order valence-electron chi connectivity index (χ3n) is 4.84. The van der Waals surface area contributed by atoms with Gasteiger partial charge in [-0.1, -0.05) is 46.9 Å². The molecule has 1 aliphatic heterocycles. The van der Waals surface area contributed by atoms with Gasteiger partial charge >= 0.3 is 5.97 Å². The summed E-state index contributed by atoms with van der Waals surface area (Å²) < 4.78 is 25.6. The van der Waals surface area contributed by atoms with Crippen LogP contribution in [-0.2, 0) is 0 Å². The number of hydrogen-bond donors (Lipinski definition) is 1. The van der Waals surface area contributed by atoms with E-state index in [1.165, 1.54) is 48.5 Å². The minimum absolute atomic E-state index is 0.0186. The third kappa shape index (κ3) is 3.98. The summed E-state index contributed by atoms with van der Waals surface area (Å²) in [6.45, 7) is 0. The predicted octanol–water partition coefficient (Wildman–Crippen LogP) is 6.22. The van der Waals surface area contributed by atoms with Gasteiger partial charge in [0.2, 0.25) is 5.88 Å². The van der Waals surface area contributed by atoms with Crippen LogP contribution in [0.5, 0.6) is 11.5 Å². The molecule has 3 aromatic carbocycles. The maximum atomic E-state index is 14.7. The molecule has 0 fully saturated rings. The third-order valence-corrected chi connectivity index (χ3v) is 5.91. The van der Waals surface area contributed by atoms with E-state index in [0.29, 0.717) is 10.6 Å². The summed E-state index contributed by atoms with van der Waals surface area (Å²) in [6.07, 6.45) is 0. The first kappa shape index (κ1) is 22.0. The molecule has 9 heteroatoms. The number of ether oxygens (including phenoxy) is 2. The fourth-order valence-corrected chi connectivity index (χ4v) is 3.94. The van der Waals surface area contributed by atoms with Gasteiger partial charge in [-0.3, -0.25) is 0 Å². The van der Waals surface area contributed by atoms with Crippen molar-refractivity contribution in [2.75, 3.05) is 0 Å². The fraction of sp³-hybridized carbons (Fsp3) is 0.0435. The summed E-state index contributed by atoms with van der Waals surface area (Å²) >= 11 is 18.1. The van der Waals surface area contributed by atoms with E-state index in [2.05, 4.69) is 0 Å². The summed E-state index contributed by atoms with van der Waals surface area (Å²) in [5, 5.41) is 10.3. The largest absolute Gasteiger partial charge is 0.440 e. The molecule has 160 valence electrons. The molecule has 0 spiro atoms. The van der Waals surface area contributed by atoms with Gasteiger partial charge in [0.1, 0.15) is 29.0 Å². The summed E-state index contributed by atoms with van der Waals surface area (Å²) in [4.78, 5) is 12.5. The van der Waals surface area contributed by atoms with Crippen molar-refractivity contribution < 1.29 is 18.7 Å². The Balaban J connectivity index is 1.73. The molecule has 0 aliphatic carbocycles. The topological polar surface area (TPSA) is 85.3 Å². The van der Waals surface area contributed by atoms with E-state index >= 15 is 0 Å². The number of nitrogens with two attached hydrogens (primary N) is 1. The lowest BCUT2D eigenvalue weighted by atomic mass is 9.83. The monoisotopic (exact) mass is 488 g/mol. The van der Waals surface area contributed by atoms with Gasteiger partial charge in [-0.25, -0.2) is 9.18 Å². The zero-order valence-electron chi connectivity index (χ0n) is 16.0. The lowest BCUT2D eigenvalue weighted by Crippen LogP contribution is -2.22. The van der Waals surface area contributed by atoms with Crippen LogP contribution in [0.4, 0.5) is 4.39 Å². The van der Waals surface area contributed by atoms with Crippen LogP contribution in [0, 0.1) is 17.1 Å². The summed E-state index contributed by atoms with van der Waals surface area (Å²) in [5.74, 6) is -2.01. The van der Waals surface area contributed by atoms with Gasteiger partial charge in [0.25, 0.3) is 0 Å². The van der Waals surface area contributed by atoms with Crippen molar-refractivity contribution in [2.45, 2.75) is 5.92 Å². The van der Waals surface area contributed by atoms with Crippen molar-refractivity contribution in [3.63, 3.8) is 0 Å². The Labute approximate surface area is 197 Å². The Morgan fingerprint density at radius 3 is 2.53 bits per heavy atom. The van der Waals surface area contributed by atoms with E-state index in [0.717, 1.165) is 0 Å². The Kier molecular flexibility index (Phi) is 5.98. The molecule has 0 aromatic heterocycles. The van der Waals surface area contributed by atoms with Gasteiger partial charge in [-0.05, 0) is 36.4 Å². The van der Waals surface area contributed by atoms with Gasteiger partial charge in [-0.2, -0.15) is 5.26 Å². The minimum Gasteiger partial charge on any atom is -0.440 e. The Morgan fingerprint density at radius 2 is 1.84 bits per heavy atom. The van der Waals surface area contributed by atoms with Gasteiger partial charge in [0, 0.05) is 22.2 Å². The molecule has 1 unspecified atom stereocenters. The molecule has 0 radical (unpaired) electrons. The van der Waals surface area contributed by atoms with Gasteiger partial charge in [0.05, 0.1) is 21.5 Å². The Bertz CT molecular complexity index is 1310. The second kappa shape index (κ2) is 8.71. The van der Waals surface area contributed by atoms with Crippen molar-refractivity contribution in [3.8, 4) is 17.6 Å². The van der Waals surface area contributed by atoms with E-state index in [9.17, 15) is 14.4 Å². The van der Waals surface area contributed by atoms with Gasteiger partial charge in [0.15, 0.2) is 0 Å². The number of rotatable bonds is 3. The van der Waals surface area contributed by atoms with Gasteiger partial charge < -0.3 is 15.2 Å². The molecule has 1 atom stereocenters. The standard InChI is InChI=1S/C23H12Cl3FN2O3/c24-15-7-4-11(8-17(15)26)23(30)31-12-5-6-13-19(9-12)32-22(29)14(10-28)20(13)21-16(25)2-1-3-18(21)27/h1-9,20H,29H2. The van der Waals surface area contributed by atoms with E-state index in [1.54, 1.807) is 6.07 Å². The van der Waals surface area contributed by atoms with E-state index in [4.69, 9.17) is 50.0 Å². The van der Waals surface area contributed by atoms with Crippen LogP contribution >= 0.6 is 34.8 Å². The predicted molar refractivity (Wildman–Crippen MR) is 119 cm³/mol. The van der Waals surface area contributed by atoms with Crippen LogP contribution in [0.15, 0.2) is 66.1 Å². The normalized spacial score (nSPS) is 14.9. The molecule has 4 rings (SSSR count). The number of hydrogen-bond acceptors (Lipinski definition) is 5. The van der Waals surface area contributed by atoms with E-state index in [1.807, 2.05) is 6.07 Å². The van der Waals surface area contributed by atoms with Crippen LogP contribution in [-0.4, -0.2) is 5.97 Å². The summed E-state index contributed by atoms with van der Waals surface area (Å²) in [7, 11) is 0. The van der Waals surface area contributed by atoms with E-state index in [-0.39, 0.29) is 44.1 Å². The zero-order chi connectivity index (χ0) is 23.0. The lowest BCUT2D eigenvalue weighted by Gasteiger charge is -2.27. The number of carbonyl (C=O) groups is 1. The maximum Gasteiger partial charge on any atom is 0.343 e. The van der Waals surface area contributed by atoms with Crippen molar-refractivity contribution in [1.29, 1.82) is 5.26 Å². The summed E-state index contributed by atoms with van der Waals surface area (Å²) in [5.41, 5.74) is 6.69. The van der Waals surface area contributed by atoms with Crippen molar-refractivity contribution in [3.05, 3.63) is 104 Å². The molecule has 1 heterocycles. The van der Waals surface area contributed by atoms with Crippen LogP contribution in [0.1, 0.15) is 27.4 Å². The van der Waals surface area contributed by atoms with Crippen molar-refractivity contribution in [2.24, 2.45) is 5.73 Å². The highest BCUT2D eigenvalue weighted by molar-refractivity contribution is 6.42. The van der Waals surface area contributed by atoms with Crippen LogP contribution in [0.3, 0.4) is 0 Å².